The number of phenolic OH excluding ortho intramolecular Hbond substituents is 1. The summed E-state index contributed by atoms with van der Waals surface area (Å²) in [5, 5.41) is 27.6. The largest absolute Gasteiger partial charge is 0.508 e. The number of ketones is 1. The first-order valence-electron chi connectivity index (χ1n) is 5.16. The second kappa shape index (κ2) is 4.16. The molecule has 88 valence electrons. The Morgan fingerprint density at radius 1 is 1.18 bits per heavy atom. The minimum absolute atomic E-state index is 0.0113. The van der Waals surface area contributed by atoms with Crippen LogP contribution in [-0.2, 0) is 0 Å². The molecule has 1 aromatic carbocycles. The van der Waals surface area contributed by atoms with Crippen LogP contribution in [0.2, 0.25) is 0 Å². The number of Topliss-reactive ketones (excluding diaryl/α,β-unsaturated/α-hetero) is 1. The van der Waals surface area contributed by atoms with Gasteiger partial charge in [-0.2, -0.15) is 0 Å². The second-order valence-electron chi connectivity index (χ2n) is 3.95. The van der Waals surface area contributed by atoms with E-state index >= 15 is 0 Å². The van der Waals surface area contributed by atoms with Crippen LogP contribution in [0, 0.1) is 0 Å². The molecule has 0 amide bonds. The van der Waals surface area contributed by atoms with Crippen molar-refractivity contribution in [3.63, 3.8) is 0 Å². The van der Waals surface area contributed by atoms with E-state index in [1.165, 1.54) is 42.5 Å². The maximum atomic E-state index is 12.0. The average Bonchev–Trinajstić information content (AvgIpc) is 2.29. The number of benzene rings is 1. The highest BCUT2D eigenvalue weighted by atomic mass is 16.5. The standard InChI is InChI=1S/C13H12O4/c14-11-3-1-9(2-4-11)12(15)10-5-7-13(16,17)8-6-10/h1-7,14,16-17H,8H2. The van der Waals surface area contributed by atoms with Gasteiger partial charge in [0.1, 0.15) is 5.75 Å². The highest BCUT2D eigenvalue weighted by Gasteiger charge is 2.23. The molecule has 0 heterocycles. The number of allylic oxidation sites excluding steroid dienone is 2. The molecule has 0 saturated carbocycles. The molecule has 0 aliphatic heterocycles. The summed E-state index contributed by atoms with van der Waals surface area (Å²) in [5.41, 5.74) is 0.858. The number of aliphatic hydroxyl groups is 2. The van der Waals surface area contributed by atoms with Gasteiger partial charge in [0.05, 0.1) is 0 Å². The molecular formula is C13H12O4. The molecule has 3 N–H and O–H groups in total. The second-order valence-corrected chi connectivity index (χ2v) is 3.95. The summed E-state index contributed by atoms with van der Waals surface area (Å²) in [7, 11) is 0. The van der Waals surface area contributed by atoms with Gasteiger partial charge in [-0.3, -0.25) is 4.79 Å². The Hall–Kier alpha value is -1.91. The number of phenols is 1. The van der Waals surface area contributed by atoms with Crippen LogP contribution in [0.5, 0.6) is 5.75 Å². The predicted molar refractivity (Wildman–Crippen MR) is 61.4 cm³/mol. The van der Waals surface area contributed by atoms with Gasteiger partial charge in [0.15, 0.2) is 11.6 Å². The van der Waals surface area contributed by atoms with Gasteiger partial charge >= 0.3 is 0 Å². The van der Waals surface area contributed by atoms with Crippen molar-refractivity contribution in [3.8, 4) is 5.75 Å². The molecule has 0 unspecified atom stereocenters. The van der Waals surface area contributed by atoms with E-state index in [1.807, 2.05) is 0 Å². The molecule has 0 saturated heterocycles. The van der Waals surface area contributed by atoms with Crippen molar-refractivity contribution in [1.29, 1.82) is 0 Å². The lowest BCUT2D eigenvalue weighted by Crippen LogP contribution is -2.26. The fraction of sp³-hybridized carbons (Fsp3) is 0.154. The summed E-state index contributed by atoms with van der Waals surface area (Å²) in [6.45, 7) is 0. The average molecular weight is 232 g/mol. The first kappa shape index (κ1) is 11.6. The van der Waals surface area contributed by atoms with Gasteiger partial charge < -0.3 is 15.3 Å². The highest BCUT2D eigenvalue weighted by Crippen LogP contribution is 2.21. The zero-order chi connectivity index (χ0) is 12.5. The normalized spacial score (nSPS) is 17.6. The molecule has 0 radical (unpaired) electrons. The third kappa shape index (κ3) is 2.61. The lowest BCUT2D eigenvalue weighted by molar-refractivity contribution is -0.115. The fourth-order valence-corrected chi connectivity index (χ4v) is 1.57. The molecule has 0 aromatic heterocycles. The SMILES string of the molecule is O=C(C1=CCC(O)(O)C=C1)c1ccc(O)cc1. The van der Waals surface area contributed by atoms with Crippen LogP contribution in [0.25, 0.3) is 0 Å². The van der Waals surface area contributed by atoms with Gasteiger partial charge in [-0.05, 0) is 30.3 Å². The molecule has 0 spiro atoms. The van der Waals surface area contributed by atoms with Crippen LogP contribution in [0.15, 0.2) is 48.1 Å². The molecular weight excluding hydrogens is 220 g/mol. The van der Waals surface area contributed by atoms with Crippen LogP contribution in [0.3, 0.4) is 0 Å². The van der Waals surface area contributed by atoms with Crippen LogP contribution in [0.1, 0.15) is 16.8 Å². The Bertz CT molecular complexity index is 495. The van der Waals surface area contributed by atoms with Crippen molar-refractivity contribution in [2.45, 2.75) is 12.2 Å². The molecule has 0 atom stereocenters. The van der Waals surface area contributed by atoms with Crippen molar-refractivity contribution in [2.24, 2.45) is 0 Å². The molecule has 4 nitrogen and oxygen atoms in total. The summed E-state index contributed by atoms with van der Waals surface area (Å²) in [4.78, 5) is 12.0. The Balaban J connectivity index is 2.20. The molecule has 4 heteroatoms. The Morgan fingerprint density at radius 3 is 2.35 bits per heavy atom. The van der Waals surface area contributed by atoms with Gasteiger partial charge in [-0.15, -0.1) is 0 Å². The third-order valence-corrected chi connectivity index (χ3v) is 2.54. The maximum Gasteiger partial charge on any atom is 0.192 e. The van der Waals surface area contributed by atoms with Crippen LogP contribution >= 0.6 is 0 Å². The number of hydrogen-bond acceptors (Lipinski definition) is 4. The first-order valence-corrected chi connectivity index (χ1v) is 5.16. The number of carbonyl (C=O) groups excluding carboxylic acids is 1. The van der Waals surface area contributed by atoms with Gasteiger partial charge in [0.2, 0.25) is 0 Å². The molecule has 0 fully saturated rings. The van der Waals surface area contributed by atoms with Gasteiger partial charge in [-0.1, -0.05) is 12.2 Å². The van der Waals surface area contributed by atoms with Gasteiger partial charge in [-0.25, -0.2) is 0 Å². The molecule has 1 aliphatic rings. The number of rotatable bonds is 2. The van der Waals surface area contributed by atoms with Crippen LogP contribution in [-0.4, -0.2) is 26.9 Å². The number of hydrogen-bond donors (Lipinski definition) is 3. The maximum absolute atomic E-state index is 12.0. The van der Waals surface area contributed by atoms with E-state index in [0.29, 0.717) is 11.1 Å². The molecule has 1 aliphatic carbocycles. The van der Waals surface area contributed by atoms with E-state index < -0.39 is 5.79 Å². The van der Waals surface area contributed by atoms with Crippen molar-refractivity contribution in [3.05, 3.63) is 53.6 Å². The van der Waals surface area contributed by atoms with Crippen LogP contribution < -0.4 is 0 Å². The zero-order valence-corrected chi connectivity index (χ0v) is 9.00. The Kier molecular flexibility index (Phi) is 2.83. The highest BCUT2D eigenvalue weighted by molar-refractivity contribution is 6.10. The van der Waals surface area contributed by atoms with E-state index in [9.17, 15) is 15.0 Å². The van der Waals surface area contributed by atoms with Crippen molar-refractivity contribution in [1.82, 2.24) is 0 Å². The van der Waals surface area contributed by atoms with E-state index in [-0.39, 0.29) is 18.0 Å². The van der Waals surface area contributed by atoms with E-state index in [1.54, 1.807) is 0 Å². The van der Waals surface area contributed by atoms with E-state index in [0.717, 1.165) is 0 Å². The monoisotopic (exact) mass is 232 g/mol. The van der Waals surface area contributed by atoms with E-state index in [2.05, 4.69) is 0 Å². The van der Waals surface area contributed by atoms with E-state index in [4.69, 9.17) is 5.11 Å². The van der Waals surface area contributed by atoms with Gasteiger partial charge in [0, 0.05) is 17.6 Å². The minimum atomic E-state index is -1.86. The van der Waals surface area contributed by atoms with Crippen molar-refractivity contribution >= 4 is 5.78 Å². The van der Waals surface area contributed by atoms with Crippen LogP contribution in [0.4, 0.5) is 0 Å². The fourth-order valence-electron chi connectivity index (χ4n) is 1.57. The quantitative estimate of drug-likeness (QED) is 0.528. The predicted octanol–water partition coefficient (Wildman–Crippen LogP) is 1.14. The molecule has 0 bridgehead atoms. The topological polar surface area (TPSA) is 77.8 Å². The number of aromatic hydroxyl groups is 1. The Labute approximate surface area is 98.1 Å². The summed E-state index contributed by atoms with van der Waals surface area (Å²) in [6, 6.07) is 5.91. The van der Waals surface area contributed by atoms with Gasteiger partial charge in [0.25, 0.3) is 0 Å². The van der Waals surface area contributed by atoms with Crippen molar-refractivity contribution < 1.29 is 20.1 Å². The van der Waals surface area contributed by atoms with Crippen molar-refractivity contribution in [2.75, 3.05) is 0 Å². The smallest absolute Gasteiger partial charge is 0.192 e. The summed E-state index contributed by atoms with van der Waals surface area (Å²) < 4.78 is 0. The molecule has 17 heavy (non-hydrogen) atoms. The molecule has 1 aromatic rings. The first-order chi connectivity index (χ1) is 7.98. The number of carbonyl (C=O) groups is 1. The molecule has 2 rings (SSSR count). The summed E-state index contributed by atoms with van der Waals surface area (Å²) in [5.74, 6) is -1.98. The summed E-state index contributed by atoms with van der Waals surface area (Å²) >= 11 is 0. The lowest BCUT2D eigenvalue weighted by Gasteiger charge is -2.19. The third-order valence-electron chi connectivity index (χ3n) is 2.54. The summed E-state index contributed by atoms with van der Waals surface area (Å²) in [6.07, 6.45) is 4.04. The zero-order valence-electron chi connectivity index (χ0n) is 9.00. The lowest BCUT2D eigenvalue weighted by atomic mass is 9.96. The minimum Gasteiger partial charge on any atom is -0.508 e. The Morgan fingerprint density at radius 2 is 1.82 bits per heavy atom.